The van der Waals surface area contributed by atoms with E-state index in [0.717, 1.165) is 10.4 Å². The zero-order valence-electron chi connectivity index (χ0n) is 10.6. The quantitative estimate of drug-likeness (QED) is 0.656. The second-order valence-corrected chi connectivity index (χ2v) is 5.95. The highest BCUT2D eigenvalue weighted by molar-refractivity contribution is 7.92. The highest BCUT2D eigenvalue weighted by atomic mass is 32.2. The van der Waals surface area contributed by atoms with Gasteiger partial charge in [0.25, 0.3) is 10.0 Å². The fourth-order valence-corrected chi connectivity index (χ4v) is 2.72. The number of halogens is 1. The molecule has 3 N–H and O–H groups in total. The van der Waals surface area contributed by atoms with Gasteiger partial charge in [0.05, 0.1) is 5.69 Å². The van der Waals surface area contributed by atoms with Crippen molar-refractivity contribution in [2.75, 3.05) is 16.8 Å². The summed E-state index contributed by atoms with van der Waals surface area (Å²) < 4.78 is 38.9. The molecule has 1 aromatic heterocycles. The number of hydrogen-bond acceptors (Lipinski definition) is 5. The standard InChI is InChI=1S/C12H13FN4O2S/c1-17(10-4-2-3-9(13)7-10)20(18,19)11-5-6-12(16-14)15-8-11/h2-8H,14H2,1H3,(H,15,16). The smallest absolute Gasteiger partial charge is 0.265 e. The molecule has 106 valence electrons. The Bertz CT molecular complexity index is 704. The van der Waals surface area contributed by atoms with E-state index in [0.29, 0.717) is 5.82 Å². The first-order valence-electron chi connectivity index (χ1n) is 5.62. The van der Waals surface area contributed by atoms with E-state index in [2.05, 4.69) is 10.4 Å². The minimum absolute atomic E-state index is 0.0109. The van der Waals surface area contributed by atoms with Crippen molar-refractivity contribution >= 4 is 21.5 Å². The van der Waals surface area contributed by atoms with Crippen molar-refractivity contribution in [2.24, 2.45) is 5.84 Å². The van der Waals surface area contributed by atoms with E-state index >= 15 is 0 Å². The highest BCUT2D eigenvalue weighted by Gasteiger charge is 2.21. The fraction of sp³-hybridized carbons (Fsp3) is 0.0833. The first-order chi connectivity index (χ1) is 9.45. The third-order valence-corrected chi connectivity index (χ3v) is 4.48. The van der Waals surface area contributed by atoms with E-state index in [4.69, 9.17) is 5.84 Å². The third-order valence-electron chi connectivity index (χ3n) is 2.71. The molecule has 8 heteroatoms. The number of anilines is 2. The van der Waals surface area contributed by atoms with Crippen LogP contribution in [0.2, 0.25) is 0 Å². The molecule has 2 rings (SSSR count). The van der Waals surface area contributed by atoms with Crippen LogP contribution in [0.25, 0.3) is 0 Å². The summed E-state index contributed by atoms with van der Waals surface area (Å²) in [5.74, 6) is 5.00. The normalized spacial score (nSPS) is 11.2. The minimum atomic E-state index is -3.80. The summed E-state index contributed by atoms with van der Waals surface area (Å²) in [6.07, 6.45) is 1.18. The second-order valence-electron chi connectivity index (χ2n) is 3.98. The monoisotopic (exact) mass is 296 g/mol. The van der Waals surface area contributed by atoms with E-state index in [9.17, 15) is 12.8 Å². The minimum Gasteiger partial charge on any atom is -0.308 e. The van der Waals surface area contributed by atoms with E-state index in [1.54, 1.807) is 0 Å². The Labute approximate surface area is 116 Å². The number of rotatable bonds is 4. The van der Waals surface area contributed by atoms with Crippen molar-refractivity contribution in [2.45, 2.75) is 4.90 Å². The second kappa shape index (κ2) is 5.43. The lowest BCUT2D eigenvalue weighted by Crippen LogP contribution is -2.26. The van der Waals surface area contributed by atoms with Gasteiger partial charge in [0.2, 0.25) is 0 Å². The molecule has 0 radical (unpaired) electrons. The summed E-state index contributed by atoms with van der Waals surface area (Å²) in [5, 5.41) is 0. The van der Waals surface area contributed by atoms with Crippen LogP contribution < -0.4 is 15.6 Å². The number of sulfonamides is 1. The van der Waals surface area contributed by atoms with Crippen LogP contribution in [-0.4, -0.2) is 20.4 Å². The lowest BCUT2D eigenvalue weighted by molar-refractivity contribution is 0.593. The molecule has 1 heterocycles. The van der Waals surface area contributed by atoms with Gasteiger partial charge in [-0.15, -0.1) is 0 Å². The Morgan fingerprint density at radius 2 is 2.05 bits per heavy atom. The average Bonchev–Trinajstić information content (AvgIpc) is 2.46. The maximum atomic E-state index is 13.2. The Balaban J connectivity index is 2.38. The molecule has 0 amide bonds. The summed E-state index contributed by atoms with van der Waals surface area (Å²) in [5.41, 5.74) is 2.53. The van der Waals surface area contributed by atoms with Crippen LogP contribution in [0.1, 0.15) is 0 Å². The number of nitrogens with one attached hydrogen (secondary N) is 1. The highest BCUT2D eigenvalue weighted by Crippen LogP contribution is 2.22. The van der Waals surface area contributed by atoms with Gasteiger partial charge in [0, 0.05) is 13.2 Å². The number of nitrogen functional groups attached to an aromatic ring is 1. The number of nitrogens with zero attached hydrogens (tertiary/aromatic N) is 2. The molecule has 6 nitrogen and oxygen atoms in total. The van der Waals surface area contributed by atoms with Gasteiger partial charge < -0.3 is 5.43 Å². The number of benzene rings is 1. The number of nitrogens with two attached hydrogens (primary N) is 1. The number of pyridine rings is 1. The van der Waals surface area contributed by atoms with Gasteiger partial charge >= 0.3 is 0 Å². The van der Waals surface area contributed by atoms with E-state index in [1.165, 1.54) is 43.6 Å². The molecule has 0 saturated heterocycles. The average molecular weight is 296 g/mol. The van der Waals surface area contributed by atoms with Gasteiger partial charge in [-0.2, -0.15) is 0 Å². The molecule has 0 fully saturated rings. The van der Waals surface area contributed by atoms with Gasteiger partial charge in [-0.1, -0.05) is 6.07 Å². The van der Waals surface area contributed by atoms with E-state index in [-0.39, 0.29) is 10.6 Å². The van der Waals surface area contributed by atoms with Crippen LogP contribution in [0.4, 0.5) is 15.9 Å². The van der Waals surface area contributed by atoms with Crippen molar-refractivity contribution in [3.63, 3.8) is 0 Å². The maximum absolute atomic E-state index is 13.2. The first kappa shape index (κ1) is 14.2. The molecule has 0 aliphatic carbocycles. The molecule has 1 aromatic carbocycles. The van der Waals surface area contributed by atoms with Gasteiger partial charge in [-0.3, -0.25) is 4.31 Å². The van der Waals surface area contributed by atoms with Gasteiger partial charge in [0.1, 0.15) is 16.5 Å². The molecule has 0 aliphatic heterocycles. The molecular formula is C12H13FN4O2S. The fourth-order valence-electron chi connectivity index (χ4n) is 1.59. The van der Waals surface area contributed by atoms with Crippen LogP contribution in [-0.2, 0) is 10.0 Å². The van der Waals surface area contributed by atoms with E-state index < -0.39 is 15.8 Å². The zero-order valence-corrected chi connectivity index (χ0v) is 11.4. The predicted molar refractivity (Wildman–Crippen MR) is 74.0 cm³/mol. The Morgan fingerprint density at radius 1 is 1.30 bits per heavy atom. The number of hydrazine groups is 1. The van der Waals surface area contributed by atoms with Crippen molar-refractivity contribution in [3.05, 3.63) is 48.4 Å². The van der Waals surface area contributed by atoms with Crippen LogP contribution in [0.3, 0.4) is 0 Å². The van der Waals surface area contributed by atoms with E-state index in [1.807, 2.05) is 0 Å². The molecule has 0 aliphatic rings. The van der Waals surface area contributed by atoms with Crippen LogP contribution in [0, 0.1) is 5.82 Å². The molecule has 0 spiro atoms. The molecule has 0 atom stereocenters. The summed E-state index contributed by atoms with van der Waals surface area (Å²) in [4.78, 5) is 3.83. The topological polar surface area (TPSA) is 88.3 Å². The van der Waals surface area contributed by atoms with Crippen LogP contribution in [0.5, 0.6) is 0 Å². The van der Waals surface area contributed by atoms with Crippen LogP contribution in [0.15, 0.2) is 47.5 Å². The SMILES string of the molecule is CN(c1cccc(F)c1)S(=O)(=O)c1ccc(NN)nc1. The number of hydrogen-bond donors (Lipinski definition) is 2. The Morgan fingerprint density at radius 3 is 2.60 bits per heavy atom. The molecule has 2 aromatic rings. The maximum Gasteiger partial charge on any atom is 0.265 e. The first-order valence-corrected chi connectivity index (χ1v) is 7.06. The zero-order chi connectivity index (χ0) is 14.8. The predicted octanol–water partition coefficient (Wildman–Crippen LogP) is 1.33. The lowest BCUT2D eigenvalue weighted by atomic mass is 10.3. The molecule has 0 bridgehead atoms. The molecule has 0 saturated carbocycles. The summed E-state index contributed by atoms with van der Waals surface area (Å²) in [6.45, 7) is 0. The largest absolute Gasteiger partial charge is 0.308 e. The van der Waals surface area contributed by atoms with Gasteiger partial charge in [0.15, 0.2) is 0 Å². The van der Waals surface area contributed by atoms with Gasteiger partial charge in [-0.05, 0) is 30.3 Å². The van der Waals surface area contributed by atoms with Crippen molar-refractivity contribution in [1.29, 1.82) is 0 Å². The molecule has 0 unspecified atom stereocenters. The summed E-state index contributed by atoms with van der Waals surface area (Å²) in [6, 6.07) is 8.13. The Kier molecular flexibility index (Phi) is 3.86. The lowest BCUT2D eigenvalue weighted by Gasteiger charge is -2.19. The Hall–Kier alpha value is -2.19. The number of aromatic nitrogens is 1. The summed E-state index contributed by atoms with van der Waals surface area (Å²) >= 11 is 0. The summed E-state index contributed by atoms with van der Waals surface area (Å²) in [7, 11) is -2.45. The third kappa shape index (κ3) is 2.70. The van der Waals surface area contributed by atoms with Crippen molar-refractivity contribution < 1.29 is 12.8 Å². The van der Waals surface area contributed by atoms with Crippen molar-refractivity contribution in [3.8, 4) is 0 Å². The van der Waals surface area contributed by atoms with Crippen molar-refractivity contribution in [1.82, 2.24) is 4.98 Å². The molecular weight excluding hydrogens is 283 g/mol. The van der Waals surface area contributed by atoms with Gasteiger partial charge in [-0.25, -0.2) is 23.6 Å². The molecule has 20 heavy (non-hydrogen) atoms. The van der Waals surface area contributed by atoms with Crippen LogP contribution >= 0.6 is 0 Å².